The molecule has 3 N–H and O–H groups in total. The molecule has 1 atom stereocenters. The van der Waals surface area contributed by atoms with Gasteiger partial charge in [0.05, 0.1) is 6.42 Å². The molecule has 0 bridgehead atoms. The molecule has 1 unspecified atom stereocenters. The SMILES string of the molecule is CN(CC(N)CC(=O)O)c1ccc2c(c1)CCC2. The Morgan fingerprint density at radius 1 is 1.44 bits per heavy atom. The Bertz CT molecular complexity index is 445. The number of nitrogens with two attached hydrogens (primary N) is 1. The number of likely N-dealkylation sites (N-methyl/N-ethyl adjacent to an activating group) is 1. The first-order chi connectivity index (χ1) is 8.56. The fourth-order valence-electron chi connectivity index (χ4n) is 2.54. The lowest BCUT2D eigenvalue weighted by Gasteiger charge is -2.23. The molecule has 2 rings (SSSR count). The first kappa shape index (κ1) is 12.9. The van der Waals surface area contributed by atoms with E-state index < -0.39 is 5.97 Å². The van der Waals surface area contributed by atoms with Crippen LogP contribution in [0.25, 0.3) is 0 Å². The lowest BCUT2D eigenvalue weighted by Crippen LogP contribution is -2.36. The summed E-state index contributed by atoms with van der Waals surface area (Å²) in [5.74, 6) is -0.843. The third-order valence-corrected chi connectivity index (χ3v) is 3.47. The summed E-state index contributed by atoms with van der Waals surface area (Å²) in [6.07, 6.45) is 3.58. The zero-order valence-electron chi connectivity index (χ0n) is 10.7. The van der Waals surface area contributed by atoms with Crippen LogP contribution in [0.4, 0.5) is 5.69 Å². The zero-order chi connectivity index (χ0) is 13.1. The number of aryl methyl sites for hydroxylation is 2. The van der Waals surface area contributed by atoms with Crippen molar-refractivity contribution in [3.05, 3.63) is 29.3 Å². The molecule has 0 aliphatic heterocycles. The van der Waals surface area contributed by atoms with Crippen molar-refractivity contribution in [3.8, 4) is 0 Å². The Kier molecular flexibility index (Phi) is 3.87. The van der Waals surface area contributed by atoms with Gasteiger partial charge in [0.15, 0.2) is 0 Å². The van der Waals surface area contributed by atoms with Gasteiger partial charge in [-0.25, -0.2) is 0 Å². The molecule has 0 amide bonds. The lowest BCUT2D eigenvalue weighted by molar-refractivity contribution is -0.137. The molecule has 0 saturated carbocycles. The molecule has 4 nitrogen and oxygen atoms in total. The van der Waals surface area contributed by atoms with Gasteiger partial charge in [0.2, 0.25) is 0 Å². The van der Waals surface area contributed by atoms with Crippen LogP contribution in [0.15, 0.2) is 18.2 Å². The van der Waals surface area contributed by atoms with Gasteiger partial charge in [0.1, 0.15) is 0 Å². The van der Waals surface area contributed by atoms with Crippen molar-refractivity contribution in [2.75, 3.05) is 18.5 Å². The molecule has 18 heavy (non-hydrogen) atoms. The first-order valence-electron chi connectivity index (χ1n) is 6.36. The fourth-order valence-corrected chi connectivity index (χ4v) is 2.54. The van der Waals surface area contributed by atoms with Crippen LogP contribution in [0.5, 0.6) is 0 Å². The van der Waals surface area contributed by atoms with Gasteiger partial charge in [-0.3, -0.25) is 4.79 Å². The van der Waals surface area contributed by atoms with Gasteiger partial charge in [0.25, 0.3) is 0 Å². The van der Waals surface area contributed by atoms with E-state index in [0.29, 0.717) is 6.54 Å². The Morgan fingerprint density at radius 2 is 2.17 bits per heavy atom. The highest BCUT2D eigenvalue weighted by Gasteiger charge is 2.14. The van der Waals surface area contributed by atoms with Crippen LogP contribution >= 0.6 is 0 Å². The average Bonchev–Trinajstić information content (AvgIpc) is 2.74. The number of hydrogen-bond acceptors (Lipinski definition) is 3. The number of nitrogens with zero attached hydrogens (tertiary/aromatic N) is 1. The van der Waals surface area contributed by atoms with E-state index in [0.717, 1.165) is 12.1 Å². The molecule has 1 aliphatic rings. The smallest absolute Gasteiger partial charge is 0.304 e. The van der Waals surface area contributed by atoms with Crippen molar-refractivity contribution >= 4 is 11.7 Å². The normalized spacial score (nSPS) is 15.2. The van der Waals surface area contributed by atoms with E-state index >= 15 is 0 Å². The van der Waals surface area contributed by atoms with E-state index in [1.165, 1.54) is 24.0 Å². The van der Waals surface area contributed by atoms with Gasteiger partial charge in [0, 0.05) is 25.3 Å². The van der Waals surface area contributed by atoms with Crippen molar-refractivity contribution in [1.29, 1.82) is 0 Å². The second-order valence-electron chi connectivity index (χ2n) is 5.05. The van der Waals surface area contributed by atoms with Crippen LogP contribution in [-0.4, -0.2) is 30.7 Å². The number of benzene rings is 1. The maximum Gasteiger partial charge on any atom is 0.304 e. The summed E-state index contributed by atoms with van der Waals surface area (Å²) in [6.45, 7) is 0.561. The Labute approximate surface area is 107 Å². The number of carboxylic acid groups (broad SMARTS) is 1. The zero-order valence-corrected chi connectivity index (χ0v) is 10.7. The summed E-state index contributed by atoms with van der Waals surface area (Å²) < 4.78 is 0. The van der Waals surface area contributed by atoms with Crippen LogP contribution in [0.3, 0.4) is 0 Å². The number of carbonyl (C=O) groups is 1. The number of fused-ring (bicyclic) bond motifs is 1. The van der Waals surface area contributed by atoms with E-state index in [4.69, 9.17) is 10.8 Å². The van der Waals surface area contributed by atoms with Gasteiger partial charge in [-0.05, 0) is 42.5 Å². The minimum Gasteiger partial charge on any atom is -0.481 e. The molecule has 1 aliphatic carbocycles. The molecule has 1 aromatic carbocycles. The van der Waals surface area contributed by atoms with Crippen LogP contribution in [-0.2, 0) is 17.6 Å². The third kappa shape index (κ3) is 3.01. The summed E-state index contributed by atoms with van der Waals surface area (Å²) in [7, 11) is 1.96. The summed E-state index contributed by atoms with van der Waals surface area (Å²) in [6, 6.07) is 6.14. The molecule has 4 heteroatoms. The quantitative estimate of drug-likeness (QED) is 0.827. The van der Waals surface area contributed by atoms with Crippen molar-refractivity contribution in [3.63, 3.8) is 0 Å². The Balaban J connectivity index is 2.00. The second kappa shape index (κ2) is 5.40. The topological polar surface area (TPSA) is 66.6 Å². The highest BCUT2D eigenvalue weighted by Crippen LogP contribution is 2.26. The molecule has 0 fully saturated rings. The van der Waals surface area contributed by atoms with Crippen LogP contribution < -0.4 is 10.6 Å². The second-order valence-corrected chi connectivity index (χ2v) is 5.05. The molecule has 1 aromatic rings. The Morgan fingerprint density at radius 3 is 2.89 bits per heavy atom. The standard InChI is InChI=1S/C14H20N2O2/c1-16(9-12(15)8-14(17)18)13-6-5-10-3-2-4-11(10)7-13/h5-7,12H,2-4,8-9,15H2,1H3,(H,17,18). The highest BCUT2D eigenvalue weighted by atomic mass is 16.4. The van der Waals surface area contributed by atoms with E-state index in [1.807, 2.05) is 11.9 Å². The first-order valence-corrected chi connectivity index (χ1v) is 6.36. The van der Waals surface area contributed by atoms with Crippen molar-refractivity contribution in [2.24, 2.45) is 5.73 Å². The minimum atomic E-state index is -0.843. The number of rotatable bonds is 5. The van der Waals surface area contributed by atoms with Crippen molar-refractivity contribution in [1.82, 2.24) is 0 Å². The molecule has 0 aromatic heterocycles. The van der Waals surface area contributed by atoms with Gasteiger partial charge in [-0.2, -0.15) is 0 Å². The fraction of sp³-hybridized carbons (Fsp3) is 0.500. The monoisotopic (exact) mass is 248 g/mol. The highest BCUT2D eigenvalue weighted by molar-refractivity contribution is 5.67. The molecule has 98 valence electrons. The third-order valence-electron chi connectivity index (χ3n) is 3.47. The van der Waals surface area contributed by atoms with Crippen LogP contribution in [0.2, 0.25) is 0 Å². The molecular formula is C14H20N2O2. The maximum atomic E-state index is 10.6. The largest absolute Gasteiger partial charge is 0.481 e. The van der Waals surface area contributed by atoms with Crippen LogP contribution in [0.1, 0.15) is 24.0 Å². The molecule has 0 spiro atoms. The average molecular weight is 248 g/mol. The van der Waals surface area contributed by atoms with Crippen molar-refractivity contribution in [2.45, 2.75) is 31.7 Å². The van der Waals surface area contributed by atoms with E-state index in [-0.39, 0.29) is 12.5 Å². The predicted octanol–water partition coefficient (Wildman–Crippen LogP) is 1.41. The molecule has 0 radical (unpaired) electrons. The van der Waals surface area contributed by atoms with Gasteiger partial charge in [-0.1, -0.05) is 6.07 Å². The summed E-state index contributed by atoms with van der Waals surface area (Å²) >= 11 is 0. The van der Waals surface area contributed by atoms with Crippen LogP contribution in [0, 0.1) is 0 Å². The summed E-state index contributed by atoms with van der Waals surface area (Å²) in [4.78, 5) is 12.6. The summed E-state index contributed by atoms with van der Waals surface area (Å²) in [5.41, 5.74) is 9.79. The van der Waals surface area contributed by atoms with E-state index in [1.54, 1.807) is 0 Å². The predicted molar refractivity (Wildman–Crippen MR) is 72.0 cm³/mol. The number of carboxylic acids is 1. The summed E-state index contributed by atoms with van der Waals surface area (Å²) in [5, 5.41) is 8.70. The van der Waals surface area contributed by atoms with Crippen molar-refractivity contribution < 1.29 is 9.90 Å². The number of anilines is 1. The van der Waals surface area contributed by atoms with Gasteiger partial charge in [-0.15, -0.1) is 0 Å². The molecular weight excluding hydrogens is 228 g/mol. The molecule has 0 heterocycles. The number of aliphatic carboxylic acids is 1. The van der Waals surface area contributed by atoms with E-state index in [2.05, 4.69) is 18.2 Å². The Hall–Kier alpha value is -1.55. The maximum absolute atomic E-state index is 10.6. The molecule has 0 saturated heterocycles. The lowest BCUT2D eigenvalue weighted by atomic mass is 10.1. The van der Waals surface area contributed by atoms with Gasteiger partial charge >= 0.3 is 5.97 Å². The minimum absolute atomic E-state index is 0.00921. The van der Waals surface area contributed by atoms with E-state index in [9.17, 15) is 4.79 Å². The number of hydrogen-bond donors (Lipinski definition) is 2. The van der Waals surface area contributed by atoms with Gasteiger partial charge < -0.3 is 15.7 Å².